The van der Waals surface area contributed by atoms with Crippen molar-refractivity contribution in [3.63, 3.8) is 0 Å². The number of aromatic nitrogens is 1. The molecule has 21 heavy (non-hydrogen) atoms. The highest BCUT2D eigenvalue weighted by Gasteiger charge is 2.20. The molecule has 1 saturated heterocycles. The van der Waals surface area contributed by atoms with Crippen LogP contribution in [-0.2, 0) is 20.8 Å². The lowest BCUT2D eigenvalue weighted by molar-refractivity contribution is -0.141. The number of carbonyl (C=O) groups is 1. The van der Waals surface area contributed by atoms with E-state index in [1.165, 1.54) is 7.11 Å². The molecule has 1 aliphatic heterocycles. The predicted octanol–water partition coefficient (Wildman–Crippen LogP) is 1.93. The molecule has 1 fully saturated rings. The van der Waals surface area contributed by atoms with E-state index in [0.29, 0.717) is 13.0 Å². The van der Waals surface area contributed by atoms with E-state index in [1.807, 2.05) is 25.1 Å². The maximum Gasteiger partial charge on any atom is 0.306 e. The van der Waals surface area contributed by atoms with E-state index >= 15 is 0 Å². The van der Waals surface area contributed by atoms with Gasteiger partial charge in [-0.1, -0.05) is 6.07 Å². The van der Waals surface area contributed by atoms with E-state index < -0.39 is 0 Å². The highest BCUT2D eigenvalue weighted by atomic mass is 16.5. The first kappa shape index (κ1) is 15.9. The first-order valence-corrected chi connectivity index (χ1v) is 7.50. The van der Waals surface area contributed by atoms with Crippen LogP contribution in [-0.4, -0.2) is 48.8 Å². The van der Waals surface area contributed by atoms with E-state index in [2.05, 4.69) is 9.88 Å². The third-order valence-corrected chi connectivity index (χ3v) is 3.68. The third kappa shape index (κ3) is 5.44. The van der Waals surface area contributed by atoms with Gasteiger partial charge in [-0.15, -0.1) is 0 Å². The van der Waals surface area contributed by atoms with Crippen LogP contribution in [0.4, 0.5) is 0 Å². The van der Waals surface area contributed by atoms with Gasteiger partial charge in [0.2, 0.25) is 0 Å². The Kier molecular flexibility index (Phi) is 6.14. The summed E-state index contributed by atoms with van der Waals surface area (Å²) < 4.78 is 10.4. The van der Waals surface area contributed by atoms with Crippen molar-refractivity contribution in [2.75, 3.05) is 26.8 Å². The Bertz CT molecular complexity index is 459. The van der Waals surface area contributed by atoms with Gasteiger partial charge in [0.25, 0.3) is 0 Å². The Labute approximate surface area is 126 Å². The molecule has 0 bridgehead atoms. The van der Waals surface area contributed by atoms with Crippen molar-refractivity contribution in [1.29, 1.82) is 0 Å². The number of nitrogens with zero attached hydrogens (tertiary/aromatic N) is 2. The topological polar surface area (TPSA) is 51.7 Å². The molecule has 2 heterocycles. The van der Waals surface area contributed by atoms with Gasteiger partial charge in [-0.2, -0.15) is 0 Å². The summed E-state index contributed by atoms with van der Waals surface area (Å²) in [5, 5.41) is 0. The van der Waals surface area contributed by atoms with Gasteiger partial charge in [0.05, 0.1) is 25.3 Å². The van der Waals surface area contributed by atoms with Gasteiger partial charge in [0, 0.05) is 31.9 Å². The maximum atomic E-state index is 11.4. The van der Waals surface area contributed by atoms with Gasteiger partial charge >= 0.3 is 5.97 Å². The van der Waals surface area contributed by atoms with Gasteiger partial charge in [-0.25, -0.2) is 0 Å². The van der Waals surface area contributed by atoms with Gasteiger partial charge in [-0.3, -0.25) is 14.7 Å². The lowest BCUT2D eigenvalue weighted by atomic mass is 10.2. The van der Waals surface area contributed by atoms with E-state index in [0.717, 1.165) is 43.9 Å². The Morgan fingerprint density at radius 3 is 3.05 bits per heavy atom. The molecule has 1 aromatic heterocycles. The normalized spacial score (nSPS) is 18.1. The highest BCUT2D eigenvalue weighted by Crippen LogP contribution is 2.15. The minimum absolute atomic E-state index is 0.176. The van der Waals surface area contributed by atoms with E-state index in [-0.39, 0.29) is 12.1 Å². The van der Waals surface area contributed by atoms with Crippen LogP contribution in [0.3, 0.4) is 0 Å². The predicted molar refractivity (Wildman–Crippen MR) is 79.9 cm³/mol. The van der Waals surface area contributed by atoms with E-state index in [1.54, 1.807) is 0 Å². The monoisotopic (exact) mass is 292 g/mol. The molecule has 0 aliphatic carbocycles. The van der Waals surface area contributed by atoms with Crippen molar-refractivity contribution in [2.24, 2.45) is 0 Å². The van der Waals surface area contributed by atoms with Crippen LogP contribution in [0.5, 0.6) is 0 Å². The molecule has 1 atom stereocenters. The van der Waals surface area contributed by atoms with Crippen molar-refractivity contribution in [2.45, 2.75) is 38.8 Å². The lowest BCUT2D eigenvalue weighted by Gasteiger charge is -2.24. The molecule has 1 aromatic rings. The van der Waals surface area contributed by atoms with Crippen molar-refractivity contribution in [3.8, 4) is 0 Å². The second-order valence-corrected chi connectivity index (χ2v) is 5.47. The second kappa shape index (κ2) is 8.10. The van der Waals surface area contributed by atoms with Crippen LogP contribution in [0.1, 0.15) is 30.7 Å². The number of hydrogen-bond donors (Lipinski definition) is 0. The van der Waals surface area contributed by atoms with Gasteiger partial charge < -0.3 is 9.47 Å². The number of aryl methyl sites for hydroxylation is 1. The highest BCUT2D eigenvalue weighted by molar-refractivity contribution is 5.69. The molecule has 1 unspecified atom stereocenters. The van der Waals surface area contributed by atoms with Crippen LogP contribution in [0.25, 0.3) is 0 Å². The SMILES string of the molecule is COC(=O)CCN(Cc1cccc(C)n1)CC1CCCO1. The molecular weight excluding hydrogens is 268 g/mol. The first-order chi connectivity index (χ1) is 10.2. The maximum absolute atomic E-state index is 11.4. The quantitative estimate of drug-likeness (QED) is 0.719. The largest absolute Gasteiger partial charge is 0.469 e. The average molecular weight is 292 g/mol. The van der Waals surface area contributed by atoms with Gasteiger partial charge in [-0.05, 0) is 31.9 Å². The summed E-state index contributed by atoms with van der Waals surface area (Å²) >= 11 is 0. The lowest BCUT2D eigenvalue weighted by Crippen LogP contribution is -2.34. The Hall–Kier alpha value is -1.46. The number of hydrogen-bond acceptors (Lipinski definition) is 5. The zero-order valence-electron chi connectivity index (χ0n) is 12.9. The molecular formula is C16H24N2O3. The first-order valence-electron chi connectivity index (χ1n) is 7.50. The van der Waals surface area contributed by atoms with E-state index in [4.69, 9.17) is 9.47 Å². The molecule has 0 saturated carbocycles. The molecule has 0 N–H and O–H groups in total. The number of carbonyl (C=O) groups excluding carboxylic acids is 1. The molecule has 116 valence electrons. The summed E-state index contributed by atoms with van der Waals surface area (Å²) in [4.78, 5) is 18.1. The smallest absolute Gasteiger partial charge is 0.306 e. The Morgan fingerprint density at radius 1 is 1.52 bits per heavy atom. The third-order valence-electron chi connectivity index (χ3n) is 3.68. The van der Waals surface area contributed by atoms with E-state index in [9.17, 15) is 4.79 Å². The van der Waals surface area contributed by atoms with Crippen LogP contribution in [0.15, 0.2) is 18.2 Å². The zero-order valence-corrected chi connectivity index (χ0v) is 12.9. The molecule has 0 aromatic carbocycles. The zero-order chi connectivity index (χ0) is 15.1. The van der Waals surface area contributed by atoms with Crippen LogP contribution in [0, 0.1) is 6.92 Å². The summed E-state index contributed by atoms with van der Waals surface area (Å²) in [5.74, 6) is -0.176. The molecule has 0 spiro atoms. The number of rotatable bonds is 7. The summed E-state index contributed by atoms with van der Waals surface area (Å²) in [6.45, 7) is 5.08. The minimum atomic E-state index is -0.176. The molecule has 0 amide bonds. The minimum Gasteiger partial charge on any atom is -0.469 e. The van der Waals surface area contributed by atoms with Crippen LogP contribution in [0.2, 0.25) is 0 Å². The molecule has 0 radical (unpaired) electrons. The Balaban J connectivity index is 1.94. The van der Waals surface area contributed by atoms with Crippen molar-refractivity contribution in [3.05, 3.63) is 29.6 Å². The van der Waals surface area contributed by atoms with Gasteiger partial charge in [0.15, 0.2) is 0 Å². The van der Waals surface area contributed by atoms with Crippen molar-refractivity contribution in [1.82, 2.24) is 9.88 Å². The summed E-state index contributed by atoms with van der Waals surface area (Å²) in [5.41, 5.74) is 2.04. The Morgan fingerprint density at radius 2 is 2.38 bits per heavy atom. The standard InChI is InChI=1S/C16H24N2O3/c1-13-5-3-6-14(17-13)11-18(9-8-16(19)20-2)12-15-7-4-10-21-15/h3,5-6,15H,4,7-12H2,1-2H3. The average Bonchev–Trinajstić information content (AvgIpc) is 2.97. The fraction of sp³-hybridized carbons (Fsp3) is 0.625. The van der Waals surface area contributed by atoms with Crippen LogP contribution >= 0.6 is 0 Å². The van der Waals surface area contributed by atoms with Crippen molar-refractivity contribution < 1.29 is 14.3 Å². The second-order valence-electron chi connectivity index (χ2n) is 5.47. The van der Waals surface area contributed by atoms with Gasteiger partial charge in [0.1, 0.15) is 0 Å². The number of methoxy groups -OCH3 is 1. The molecule has 5 nitrogen and oxygen atoms in total. The van der Waals surface area contributed by atoms with Crippen LogP contribution < -0.4 is 0 Å². The fourth-order valence-corrected chi connectivity index (χ4v) is 2.58. The number of ether oxygens (including phenoxy) is 2. The summed E-state index contributed by atoms with van der Waals surface area (Å²) in [6, 6.07) is 6.03. The number of esters is 1. The summed E-state index contributed by atoms with van der Waals surface area (Å²) in [6.07, 6.45) is 2.89. The van der Waals surface area contributed by atoms with Crippen molar-refractivity contribution >= 4 is 5.97 Å². The number of pyridine rings is 1. The molecule has 5 heteroatoms. The molecule has 2 rings (SSSR count). The summed E-state index contributed by atoms with van der Waals surface area (Å²) in [7, 11) is 1.43. The fourth-order valence-electron chi connectivity index (χ4n) is 2.58. The molecule has 1 aliphatic rings.